The molecular formula is C14H15F5N2O2S. The third-order valence-electron chi connectivity index (χ3n) is 4.74. The van der Waals surface area contributed by atoms with Gasteiger partial charge in [-0.2, -0.15) is 4.31 Å². The van der Waals surface area contributed by atoms with E-state index in [2.05, 4.69) is 4.90 Å². The molecule has 4 nitrogen and oxygen atoms in total. The first-order valence-electron chi connectivity index (χ1n) is 7.36. The molecule has 0 aromatic heterocycles. The van der Waals surface area contributed by atoms with Gasteiger partial charge in [-0.05, 0) is 19.8 Å². The van der Waals surface area contributed by atoms with Crippen LogP contribution in [0.2, 0.25) is 0 Å². The van der Waals surface area contributed by atoms with E-state index in [0.717, 1.165) is 17.1 Å². The van der Waals surface area contributed by atoms with Gasteiger partial charge in [-0.25, -0.2) is 30.4 Å². The van der Waals surface area contributed by atoms with Crippen LogP contribution in [0.5, 0.6) is 0 Å². The predicted octanol–water partition coefficient (Wildman–Crippen LogP) is 2.24. The Morgan fingerprint density at radius 3 is 1.62 bits per heavy atom. The van der Waals surface area contributed by atoms with Gasteiger partial charge in [-0.1, -0.05) is 0 Å². The highest BCUT2D eigenvalue weighted by atomic mass is 32.2. The van der Waals surface area contributed by atoms with E-state index >= 15 is 0 Å². The maximum absolute atomic E-state index is 13.8. The van der Waals surface area contributed by atoms with E-state index in [4.69, 9.17) is 0 Å². The Kier molecular flexibility index (Phi) is 4.12. The van der Waals surface area contributed by atoms with Gasteiger partial charge in [0, 0.05) is 31.7 Å². The second-order valence-electron chi connectivity index (χ2n) is 6.29. The first kappa shape index (κ1) is 17.6. The van der Waals surface area contributed by atoms with Crippen LogP contribution in [0.4, 0.5) is 22.0 Å². The molecule has 1 aliphatic heterocycles. The van der Waals surface area contributed by atoms with E-state index < -0.39 is 44.0 Å². The molecule has 1 aromatic carbocycles. The zero-order valence-electron chi connectivity index (χ0n) is 12.8. The predicted molar refractivity (Wildman–Crippen MR) is 74.2 cm³/mol. The van der Waals surface area contributed by atoms with E-state index in [1.54, 1.807) is 0 Å². The van der Waals surface area contributed by atoms with Crippen molar-refractivity contribution in [3.63, 3.8) is 0 Å². The van der Waals surface area contributed by atoms with Crippen molar-refractivity contribution in [3.05, 3.63) is 29.1 Å². The fraction of sp³-hybridized carbons (Fsp3) is 0.571. The Morgan fingerprint density at radius 1 is 0.792 bits per heavy atom. The topological polar surface area (TPSA) is 40.6 Å². The molecule has 134 valence electrons. The molecule has 0 atom stereocenters. The van der Waals surface area contributed by atoms with Crippen LogP contribution in [-0.4, -0.2) is 49.3 Å². The molecule has 1 heterocycles. The molecule has 2 aliphatic rings. The Bertz CT molecular complexity index is 758. The van der Waals surface area contributed by atoms with Crippen molar-refractivity contribution in [2.45, 2.75) is 30.2 Å². The average molecular weight is 370 g/mol. The summed E-state index contributed by atoms with van der Waals surface area (Å²) < 4.78 is 92.7. The third kappa shape index (κ3) is 2.60. The lowest BCUT2D eigenvalue weighted by Crippen LogP contribution is -2.52. The molecule has 1 aliphatic carbocycles. The number of halogens is 5. The van der Waals surface area contributed by atoms with Gasteiger partial charge in [0.05, 0.1) is 0 Å². The smallest absolute Gasteiger partial charge is 0.249 e. The number of piperazine rings is 1. The molecule has 1 aromatic rings. The summed E-state index contributed by atoms with van der Waals surface area (Å²) in [5.74, 6) is -11.6. The zero-order valence-corrected chi connectivity index (χ0v) is 13.6. The lowest BCUT2D eigenvalue weighted by molar-refractivity contribution is 0.131. The number of rotatable bonds is 3. The number of hydrogen-bond donors (Lipinski definition) is 0. The Balaban J connectivity index is 1.92. The van der Waals surface area contributed by atoms with Crippen molar-refractivity contribution in [2.75, 3.05) is 26.2 Å². The van der Waals surface area contributed by atoms with Crippen molar-refractivity contribution in [1.82, 2.24) is 9.21 Å². The highest BCUT2D eigenvalue weighted by molar-refractivity contribution is 7.89. The summed E-state index contributed by atoms with van der Waals surface area (Å²) in [6.07, 6.45) is 1.97. The summed E-state index contributed by atoms with van der Waals surface area (Å²) in [6.45, 7) is 2.56. The van der Waals surface area contributed by atoms with Crippen molar-refractivity contribution >= 4 is 10.0 Å². The van der Waals surface area contributed by atoms with Crippen LogP contribution in [-0.2, 0) is 10.0 Å². The SMILES string of the molecule is CC1(N2CCN(S(=O)(=O)c3c(F)c(F)c(F)c(F)c3F)CC2)CC1. The molecule has 0 radical (unpaired) electrons. The molecule has 10 heteroatoms. The summed E-state index contributed by atoms with van der Waals surface area (Å²) >= 11 is 0. The van der Waals surface area contributed by atoms with Gasteiger partial charge in [0.2, 0.25) is 15.8 Å². The molecule has 1 saturated heterocycles. The zero-order chi connectivity index (χ0) is 17.9. The maximum Gasteiger partial charge on any atom is 0.249 e. The summed E-state index contributed by atoms with van der Waals surface area (Å²) in [5.41, 5.74) is 0.0143. The minimum Gasteiger partial charge on any atom is -0.295 e. The summed E-state index contributed by atoms with van der Waals surface area (Å²) in [5, 5.41) is 0. The maximum atomic E-state index is 13.8. The van der Waals surface area contributed by atoms with Gasteiger partial charge < -0.3 is 0 Å². The fourth-order valence-corrected chi connectivity index (χ4v) is 4.44. The van der Waals surface area contributed by atoms with Crippen molar-refractivity contribution in [3.8, 4) is 0 Å². The van der Waals surface area contributed by atoms with E-state index in [0.29, 0.717) is 13.1 Å². The summed E-state index contributed by atoms with van der Waals surface area (Å²) in [4.78, 5) is 0.280. The quantitative estimate of drug-likeness (QED) is 0.466. The van der Waals surface area contributed by atoms with Crippen LogP contribution in [0.15, 0.2) is 4.90 Å². The second-order valence-corrected chi connectivity index (χ2v) is 8.16. The summed E-state index contributed by atoms with van der Waals surface area (Å²) in [6, 6.07) is 0. The van der Waals surface area contributed by atoms with Gasteiger partial charge in [-0.15, -0.1) is 0 Å². The van der Waals surface area contributed by atoms with E-state index in [1.807, 2.05) is 6.92 Å². The minimum absolute atomic E-state index is 0.0143. The van der Waals surface area contributed by atoms with E-state index in [-0.39, 0.29) is 18.6 Å². The minimum atomic E-state index is -4.82. The molecule has 0 amide bonds. The Hall–Kier alpha value is -1.26. The summed E-state index contributed by atoms with van der Waals surface area (Å²) in [7, 11) is -4.82. The molecular weight excluding hydrogens is 355 g/mol. The average Bonchev–Trinajstić information content (AvgIpc) is 3.30. The number of nitrogens with zero attached hydrogens (tertiary/aromatic N) is 2. The number of hydrogen-bond acceptors (Lipinski definition) is 3. The van der Waals surface area contributed by atoms with Crippen LogP contribution < -0.4 is 0 Å². The molecule has 0 spiro atoms. The standard InChI is InChI=1S/C14H15F5N2O2S/c1-14(2-3-14)20-4-6-21(7-5-20)24(22,23)13-11(18)9(16)8(15)10(17)12(13)19/h2-7H2,1H3. The molecule has 0 bridgehead atoms. The van der Waals surface area contributed by atoms with Gasteiger partial charge in [0.15, 0.2) is 28.2 Å². The Labute approximate surface area is 135 Å². The fourth-order valence-electron chi connectivity index (χ4n) is 2.91. The molecule has 24 heavy (non-hydrogen) atoms. The normalized spacial score (nSPS) is 21.9. The van der Waals surface area contributed by atoms with Gasteiger partial charge in [0.25, 0.3) is 0 Å². The first-order valence-corrected chi connectivity index (χ1v) is 8.80. The van der Waals surface area contributed by atoms with Crippen LogP contribution in [0.3, 0.4) is 0 Å². The van der Waals surface area contributed by atoms with Crippen LogP contribution in [0.25, 0.3) is 0 Å². The first-order chi connectivity index (χ1) is 11.1. The second kappa shape index (κ2) is 5.63. The van der Waals surface area contributed by atoms with Crippen LogP contribution in [0.1, 0.15) is 19.8 Å². The molecule has 3 rings (SSSR count). The lowest BCUT2D eigenvalue weighted by atomic mass is 10.2. The van der Waals surface area contributed by atoms with Gasteiger partial charge in [-0.3, -0.25) is 4.90 Å². The molecule has 2 fully saturated rings. The largest absolute Gasteiger partial charge is 0.295 e. The number of benzene rings is 1. The monoisotopic (exact) mass is 370 g/mol. The van der Waals surface area contributed by atoms with Crippen molar-refractivity contribution in [1.29, 1.82) is 0 Å². The van der Waals surface area contributed by atoms with Crippen LogP contribution in [0, 0.1) is 29.1 Å². The van der Waals surface area contributed by atoms with Crippen molar-refractivity contribution < 1.29 is 30.4 Å². The molecule has 0 N–H and O–H groups in total. The van der Waals surface area contributed by atoms with Crippen LogP contribution >= 0.6 is 0 Å². The van der Waals surface area contributed by atoms with Crippen molar-refractivity contribution in [2.24, 2.45) is 0 Å². The van der Waals surface area contributed by atoms with E-state index in [1.165, 1.54) is 0 Å². The Morgan fingerprint density at radius 2 is 1.21 bits per heavy atom. The lowest BCUT2D eigenvalue weighted by Gasteiger charge is -2.37. The van der Waals surface area contributed by atoms with Gasteiger partial charge in [0.1, 0.15) is 0 Å². The molecule has 1 saturated carbocycles. The number of sulfonamides is 1. The highest BCUT2D eigenvalue weighted by Crippen LogP contribution is 2.41. The highest BCUT2D eigenvalue weighted by Gasteiger charge is 2.46. The van der Waals surface area contributed by atoms with E-state index in [9.17, 15) is 30.4 Å². The third-order valence-corrected chi connectivity index (χ3v) is 6.66. The van der Waals surface area contributed by atoms with Gasteiger partial charge >= 0.3 is 0 Å². The molecule has 0 unspecified atom stereocenters.